The third-order valence-electron chi connectivity index (χ3n) is 2.43. The van der Waals surface area contributed by atoms with Crippen molar-refractivity contribution in [3.05, 3.63) is 35.1 Å². The highest BCUT2D eigenvalue weighted by molar-refractivity contribution is 7.59. The Balaban J connectivity index is 3.11. The summed E-state index contributed by atoms with van der Waals surface area (Å²) in [5.41, 5.74) is 0.724. The average molecular weight is 295 g/mol. The van der Waals surface area contributed by atoms with Crippen LogP contribution in [0.4, 0.5) is 0 Å². The van der Waals surface area contributed by atoms with Crippen molar-refractivity contribution in [2.75, 3.05) is 20.3 Å². The van der Waals surface area contributed by atoms with Crippen molar-refractivity contribution in [1.29, 1.82) is 5.26 Å². The number of ether oxygens (including phenoxy) is 1. The first-order chi connectivity index (χ1) is 9.59. The highest BCUT2D eigenvalue weighted by Crippen LogP contribution is 2.56. The Morgan fingerprint density at radius 2 is 1.80 bits per heavy atom. The van der Waals surface area contributed by atoms with E-state index in [0.29, 0.717) is 5.75 Å². The number of nitriles is 1. The maximum absolute atomic E-state index is 12.5. The van der Waals surface area contributed by atoms with Crippen molar-refractivity contribution in [2.24, 2.45) is 0 Å². The molecule has 6 heteroatoms. The standard InChI is InChI=1S/C14H18NO4P/c1-4-18-20(16,19-5-2)14(11-15)10-12-6-8-13(17-3)9-7-12/h6-10H,4-5H2,1-3H3/b14-10+. The third-order valence-corrected chi connectivity index (χ3v) is 4.44. The molecule has 0 heterocycles. The van der Waals surface area contributed by atoms with E-state index < -0.39 is 7.60 Å². The van der Waals surface area contributed by atoms with Crippen LogP contribution in [0.2, 0.25) is 0 Å². The predicted octanol–water partition coefficient (Wildman–Crippen LogP) is 3.83. The van der Waals surface area contributed by atoms with Crippen molar-refractivity contribution >= 4 is 13.7 Å². The van der Waals surface area contributed by atoms with Gasteiger partial charge in [-0.25, -0.2) is 0 Å². The van der Waals surface area contributed by atoms with E-state index in [1.807, 2.05) is 6.07 Å². The van der Waals surface area contributed by atoms with Crippen molar-refractivity contribution in [3.8, 4) is 11.8 Å². The van der Waals surface area contributed by atoms with Gasteiger partial charge >= 0.3 is 7.60 Å². The van der Waals surface area contributed by atoms with Crippen LogP contribution in [0, 0.1) is 11.3 Å². The molecule has 0 fully saturated rings. The van der Waals surface area contributed by atoms with Crippen LogP contribution >= 0.6 is 7.60 Å². The summed E-state index contributed by atoms with van der Waals surface area (Å²) in [5, 5.41) is 9.19. The number of benzene rings is 1. The van der Waals surface area contributed by atoms with Gasteiger partial charge in [-0.05, 0) is 37.6 Å². The fraction of sp³-hybridized carbons (Fsp3) is 0.357. The summed E-state index contributed by atoms with van der Waals surface area (Å²) in [6.07, 6.45) is 1.51. The van der Waals surface area contributed by atoms with Crippen molar-refractivity contribution in [3.63, 3.8) is 0 Å². The van der Waals surface area contributed by atoms with Gasteiger partial charge in [-0.1, -0.05) is 12.1 Å². The zero-order chi connectivity index (χ0) is 15.0. The molecule has 0 saturated carbocycles. The predicted molar refractivity (Wildman–Crippen MR) is 77.4 cm³/mol. The van der Waals surface area contributed by atoms with E-state index >= 15 is 0 Å². The smallest absolute Gasteiger partial charge is 0.371 e. The minimum atomic E-state index is -3.54. The van der Waals surface area contributed by atoms with Gasteiger partial charge in [0.05, 0.1) is 20.3 Å². The number of hydrogen-bond donors (Lipinski definition) is 0. The maximum atomic E-state index is 12.5. The molecule has 0 aromatic heterocycles. The number of allylic oxidation sites excluding steroid dienone is 1. The van der Waals surface area contributed by atoms with E-state index in [1.165, 1.54) is 6.08 Å². The minimum absolute atomic E-state index is 0.00799. The lowest BCUT2D eigenvalue weighted by molar-refractivity contribution is 0.227. The monoisotopic (exact) mass is 295 g/mol. The van der Waals surface area contributed by atoms with Gasteiger partial charge < -0.3 is 13.8 Å². The quantitative estimate of drug-likeness (QED) is 0.565. The fourth-order valence-electron chi connectivity index (χ4n) is 1.55. The lowest BCUT2D eigenvalue weighted by Gasteiger charge is -2.15. The van der Waals surface area contributed by atoms with Crippen LogP contribution in [0.25, 0.3) is 6.08 Å². The zero-order valence-corrected chi connectivity index (χ0v) is 12.7. The summed E-state index contributed by atoms with van der Waals surface area (Å²) in [7, 11) is -1.97. The van der Waals surface area contributed by atoms with Gasteiger partial charge in [-0.15, -0.1) is 0 Å². The van der Waals surface area contributed by atoms with Crippen LogP contribution in [-0.4, -0.2) is 20.3 Å². The molecule has 1 aromatic carbocycles. The zero-order valence-electron chi connectivity index (χ0n) is 11.8. The lowest BCUT2D eigenvalue weighted by Crippen LogP contribution is -1.97. The fourth-order valence-corrected chi connectivity index (χ4v) is 3.01. The van der Waals surface area contributed by atoms with Crippen molar-refractivity contribution < 1.29 is 18.3 Å². The van der Waals surface area contributed by atoms with E-state index in [9.17, 15) is 9.83 Å². The summed E-state index contributed by atoms with van der Waals surface area (Å²) in [6.45, 7) is 3.82. The molecule has 0 aliphatic carbocycles. The first-order valence-electron chi connectivity index (χ1n) is 6.25. The number of nitrogens with zero attached hydrogens (tertiary/aromatic N) is 1. The Hall–Kier alpha value is -1.60. The summed E-state index contributed by atoms with van der Waals surface area (Å²) >= 11 is 0. The van der Waals surface area contributed by atoms with Crippen LogP contribution < -0.4 is 4.74 Å². The minimum Gasteiger partial charge on any atom is -0.497 e. The number of methoxy groups -OCH3 is 1. The third kappa shape index (κ3) is 4.21. The first kappa shape index (κ1) is 16.5. The molecule has 0 N–H and O–H groups in total. The van der Waals surface area contributed by atoms with Gasteiger partial charge in [-0.2, -0.15) is 5.26 Å². The Bertz CT molecular complexity index is 535. The van der Waals surface area contributed by atoms with E-state index in [4.69, 9.17) is 13.8 Å². The normalized spacial score (nSPS) is 12.0. The summed E-state index contributed by atoms with van der Waals surface area (Å²) in [5.74, 6) is 0.707. The van der Waals surface area contributed by atoms with Gasteiger partial charge in [0.2, 0.25) is 0 Å². The summed E-state index contributed by atoms with van der Waals surface area (Å²) in [4.78, 5) is 0. The molecular formula is C14H18NO4P. The van der Waals surface area contributed by atoms with Crippen LogP contribution in [0.15, 0.2) is 29.6 Å². The summed E-state index contributed by atoms with van der Waals surface area (Å²) < 4.78 is 27.9. The van der Waals surface area contributed by atoms with Crippen molar-refractivity contribution in [2.45, 2.75) is 13.8 Å². The molecule has 0 aliphatic rings. The van der Waals surface area contributed by atoms with Crippen LogP contribution in [0.3, 0.4) is 0 Å². The van der Waals surface area contributed by atoms with Gasteiger partial charge in [0, 0.05) is 0 Å². The Labute approximate surface area is 119 Å². The highest BCUT2D eigenvalue weighted by atomic mass is 31.2. The average Bonchev–Trinajstić information content (AvgIpc) is 2.45. The van der Waals surface area contributed by atoms with Crippen molar-refractivity contribution in [1.82, 2.24) is 0 Å². The molecule has 1 aromatic rings. The van der Waals surface area contributed by atoms with Gasteiger partial charge in [0.1, 0.15) is 17.1 Å². The largest absolute Gasteiger partial charge is 0.497 e. The summed E-state index contributed by atoms with van der Waals surface area (Å²) in [6, 6.07) is 8.94. The van der Waals surface area contributed by atoms with E-state index in [-0.39, 0.29) is 18.5 Å². The molecule has 5 nitrogen and oxygen atoms in total. The van der Waals surface area contributed by atoms with E-state index in [0.717, 1.165) is 5.56 Å². The second-order valence-electron chi connectivity index (χ2n) is 3.75. The molecule has 0 saturated heterocycles. The molecule has 0 atom stereocenters. The Morgan fingerprint density at radius 3 is 2.20 bits per heavy atom. The topological polar surface area (TPSA) is 68.5 Å². The van der Waals surface area contributed by atoms with Gasteiger partial charge in [0.25, 0.3) is 0 Å². The molecule has 20 heavy (non-hydrogen) atoms. The molecule has 0 aliphatic heterocycles. The van der Waals surface area contributed by atoms with Gasteiger partial charge in [-0.3, -0.25) is 4.57 Å². The molecule has 0 bridgehead atoms. The van der Waals surface area contributed by atoms with Gasteiger partial charge in [0.15, 0.2) is 0 Å². The first-order valence-corrected chi connectivity index (χ1v) is 7.79. The SMILES string of the molecule is CCOP(=O)(OCC)/C(C#N)=C/c1ccc(OC)cc1. The Kier molecular flexibility index (Phi) is 6.47. The second-order valence-corrected chi connectivity index (χ2v) is 5.74. The number of hydrogen-bond acceptors (Lipinski definition) is 5. The Morgan fingerprint density at radius 1 is 1.25 bits per heavy atom. The highest BCUT2D eigenvalue weighted by Gasteiger charge is 2.29. The van der Waals surface area contributed by atoms with Crippen LogP contribution in [0.1, 0.15) is 19.4 Å². The van der Waals surface area contributed by atoms with E-state index in [2.05, 4.69) is 0 Å². The molecule has 0 spiro atoms. The van der Waals surface area contributed by atoms with Crippen LogP contribution in [-0.2, 0) is 13.6 Å². The lowest BCUT2D eigenvalue weighted by atomic mass is 10.2. The molecule has 108 valence electrons. The van der Waals surface area contributed by atoms with E-state index in [1.54, 1.807) is 45.2 Å². The van der Waals surface area contributed by atoms with Crippen LogP contribution in [0.5, 0.6) is 5.75 Å². The molecular weight excluding hydrogens is 277 g/mol. The maximum Gasteiger partial charge on any atom is 0.371 e. The number of rotatable bonds is 7. The molecule has 0 unspecified atom stereocenters. The molecule has 0 amide bonds. The molecule has 0 radical (unpaired) electrons. The molecule has 1 rings (SSSR count). The second kappa shape index (κ2) is 7.86.